The average molecular weight is 327 g/mol. The maximum Gasteiger partial charge on any atom is 0.290 e. The molecule has 0 atom stereocenters. The molecule has 1 heterocycles. The molecule has 0 aliphatic rings. The number of halogens is 2. The van der Waals surface area contributed by atoms with Gasteiger partial charge in [0, 0.05) is 11.6 Å². The van der Waals surface area contributed by atoms with Gasteiger partial charge in [0.15, 0.2) is 0 Å². The maximum absolute atomic E-state index is 12.9. The highest BCUT2D eigenvalue weighted by Crippen LogP contribution is 2.30. The van der Waals surface area contributed by atoms with Crippen LogP contribution in [0, 0.1) is 22.9 Å². The van der Waals surface area contributed by atoms with Gasteiger partial charge in [0.25, 0.3) is 5.69 Å². The number of nitro groups is 1. The summed E-state index contributed by atoms with van der Waals surface area (Å²) in [6.45, 7) is 1.59. The Morgan fingerprint density at radius 1 is 1.42 bits per heavy atom. The van der Waals surface area contributed by atoms with Crippen LogP contribution < -0.4 is 4.74 Å². The van der Waals surface area contributed by atoms with Crippen LogP contribution in [0.3, 0.4) is 0 Å². The fourth-order valence-corrected chi connectivity index (χ4v) is 1.87. The molecule has 5 nitrogen and oxygen atoms in total. The van der Waals surface area contributed by atoms with Crippen LogP contribution in [0.15, 0.2) is 34.9 Å². The normalized spacial score (nSPS) is 10.3. The number of hydrogen-bond donors (Lipinski definition) is 0. The van der Waals surface area contributed by atoms with Crippen molar-refractivity contribution < 1.29 is 14.1 Å². The molecule has 0 bridgehead atoms. The molecule has 0 aliphatic heterocycles. The molecule has 0 unspecified atom stereocenters. The van der Waals surface area contributed by atoms with Crippen LogP contribution in [0.2, 0.25) is 0 Å². The molecule has 2 aromatic rings. The number of rotatable bonds is 3. The molecule has 0 amide bonds. The van der Waals surface area contributed by atoms with Gasteiger partial charge in [-0.15, -0.1) is 0 Å². The molecular weight excluding hydrogens is 319 g/mol. The number of ether oxygens (including phenoxy) is 1. The highest BCUT2D eigenvalue weighted by Gasteiger charge is 2.13. The Hall–Kier alpha value is -2.02. The van der Waals surface area contributed by atoms with Crippen molar-refractivity contribution in [3.05, 3.63) is 56.4 Å². The van der Waals surface area contributed by atoms with E-state index in [0.717, 1.165) is 6.20 Å². The monoisotopic (exact) mass is 326 g/mol. The molecule has 7 heteroatoms. The van der Waals surface area contributed by atoms with Gasteiger partial charge >= 0.3 is 0 Å². The van der Waals surface area contributed by atoms with Gasteiger partial charge in [0.1, 0.15) is 17.8 Å². The molecule has 1 aromatic heterocycles. The SMILES string of the molecule is Cc1cc(Oc2ccc(F)cc2Br)ncc1[N+](=O)[O-]. The Balaban J connectivity index is 2.29. The number of hydrogen-bond acceptors (Lipinski definition) is 4. The molecule has 0 spiro atoms. The number of aryl methyl sites for hydroxylation is 1. The first kappa shape index (κ1) is 13.4. The molecular formula is C12H8BrFN2O3. The van der Waals surface area contributed by atoms with E-state index in [0.29, 0.717) is 15.8 Å². The van der Waals surface area contributed by atoms with Crippen LogP contribution in [-0.4, -0.2) is 9.91 Å². The zero-order valence-electron chi connectivity index (χ0n) is 9.76. The molecule has 0 N–H and O–H groups in total. The minimum Gasteiger partial charge on any atom is -0.438 e. The van der Waals surface area contributed by atoms with E-state index in [1.807, 2.05) is 0 Å². The summed E-state index contributed by atoms with van der Waals surface area (Å²) in [5.74, 6) is 0.185. The molecule has 19 heavy (non-hydrogen) atoms. The number of aromatic nitrogens is 1. The Kier molecular flexibility index (Phi) is 3.75. The number of nitrogens with zero attached hydrogens (tertiary/aromatic N) is 2. The minimum atomic E-state index is -0.514. The van der Waals surface area contributed by atoms with Crippen molar-refractivity contribution in [2.45, 2.75) is 6.92 Å². The van der Waals surface area contributed by atoms with Crippen molar-refractivity contribution in [3.8, 4) is 11.6 Å². The van der Waals surface area contributed by atoms with Gasteiger partial charge in [-0.05, 0) is 41.1 Å². The lowest BCUT2D eigenvalue weighted by Gasteiger charge is -2.07. The Morgan fingerprint density at radius 3 is 2.74 bits per heavy atom. The van der Waals surface area contributed by atoms with Gasteiger partial charge in [-0.25, -0.2) is 9.37 Å². The van der Waals surface area contributed by atoms with Crippen LogP contribution in [0.4, 0.5) is 10.1 Å². The second-order valence-electron chi connectivity index (χ2n) is 3.74. The molecule has 0 saturated carbocycles. The van der Waals surface area contributed by atoms with Gasteiger partial charge in [-0.3, -0.25) is 10.1 Å². The topological polar surface area (TPSA) is 65.3 Å². The minimum absolute atomic E-state index is 0.0782. The summed E-state index contributed by atoms with van der Waals surface area (Å²) in [5, 5.41) is 10.7. The van der Waals surface area contributed by atoms with Crippen LogP contribution in [0.5, 0.6) is 11.6 Å². The molecule has 2 rings (SSSR count). The van der Waals surface area contributed by atoms with Crippen molar-refractivity contribution in [2.75, 3.05) is 0 Å². The third-order valence-electron chi connectivity index (χ3n) is 2.36. The Bertz CT molecular complexity index is 649. The molecule has 0 saturated heterocycles. The van der Waals surface area contributed by atoms with E-state index in [4.69, 9.17) is 4.74 Å². The van der Waals surface area contributed by atoms with E-state index >= 15 is 0 Å². The van der Waals surface area contributed by atoms with Crippen LogP contribution in [0.1, 0.15) is 5.56 Å². The van der Waals surface area contributed by atoms with E-state index in [1.165, 1.54) is 24.3 Å². The first-order chi connectivity index (χ1) is 8.97. The summed E-state index contributed by atoms with van der Waals surface area (Å²) in [6.07, 6.45) is 1.13. The lowest BCUT2D eigenvalue weighted by molar-refractivity contribution is -0.385. The van der Waals surface area contributed by atoms with E-state index in [2.05, 4.69) is 20.9 Å². The Morgan fingerprint density at radius 2 is 2.16 bits per heavy atom. The first-order valence-electron chi connectivity index (χ1n) is 5.21. The maximum atomic E-state index is 12.9. The molecule has 0 radical (unpaired) electrons. The number of pyridine rings is 1. The largest absolute Gasteiger partial charge is 0.438 e. The van der Waals surface area contributed by atoms with E-state index < -0.39 is 10.7 Å². The predicted molar refractivity (Wildman–Crippen MR) is 69.8 cm³/mol. The van der Waals surface area contributed by atoms with E-state index in [-0.39, 0.29) is 11.6 Å². The summed E-state index contributed by atoms with van der Waals surface area (Å²) in [5.41, 5.74) is 0.360. The summed E-state index contributed by atoms with van der Waals surface area (Å²) >= 11 is 3.16. The predicted octanol–water partition coefficient (Wildman–Crippen LogP) is 3.99. The van der Waals surface area contributed by atoms with Crippen molar-refractivity contribution in [3.63, 3.8) is 0 Å². The number of benzene rings is 1. The second-order valence-corrected chi connectivity index (χ2v) is 4.60. The van der Waals surface area contributed by atoms with Crippen LogP contribution in [0.25, 0.3) is 0 Å². The smallest absolute Gasteiger partial charge is 0.290 e. The van der Waals surface area contributed by atoms with Crippen molar-refractivity contribution in [1.82, 2.24) is 4.98 Å². The van der Waals surface area contributed by atoms with Gasteiger partial charge in [-0.2, -0.15) is 0 Å². The molecule has 98 valence electrons. The lowest BCUT2D eigenvalue weighted by Crippen LogP contribution is -1.95. The first-order valence-corrected chi connectivity index (χ1v) is 6.00. The van der Waals surface area contributed by atoms with Crippen molar-refractivity contribution in [1.29, 1.82) is 0 Å². The molecule has 0 aliphatic carbocycles. The van der Waals surface area contributed by atoms with Gasteiger partial charge < -0.3 is 4.74 Å². The van der Waals surface area contributed by atoms with E-state index in [1.54, 1.807) is 6.92 Å². The summed E-state index contributed by atoms with van der Waals surface area (Å²) in [7, 11) is 0. The average Bonchev–Trinajstić information content (AvgIpc) is 2.32. The highest BCUT2D eigenvalue weighted by molar-refractivity contribution is 9.10. The Labute approximate surface area is 116 Å². The summed E-state index contributed by atoms with van der Waals surface area (Å²) in [6, 6.07) is 5.40. The zero-order valence-corrected chi connectivity index (χ0v) is 11.3. The summed E-state index contributed by atoms with van der Waals surface area (Å²) in [4.78, 5) is 14.0. The standard InChI is InChI=1S/C12H8BrFN2O3/c1-7-4-12(15-6-10(7)16(17)18)19-11-3-2-8(14)5-9(11)13/h2-6H,1H3. The van der Waals surface area contributed by atoms with Crippen LogP contribution in [-0.2, 0) is 0 Å². The molecule has 1 aromatic carbocycles. The third kappa shape index (κ3) is 3.05. The van der Waals surface area contributed by atoms with Gasteiger partial charge in [0.2, 0.25) is 5.88 Å². The van der Waals surface area contributed by atoms with E-state index in [9.17, 15) is 14.5 Å². The zero-order chi connectivity index (χ0) is 14.0. The van der Waals surface area contributed by atoms with Crippen molar-refractivity contribution >= 4 is 21.6 Å². The lowest BCUT2D eigenvalue weighted by atomic mass is 10.2. The highest BCUT2D eigenvalue weighted by atomic mass is 79.9. The fraction of sp³-hybridized carbons (Fsp3) is 0.0833. The third-order valence-corrected chi connectivity index (χ3v) is 2.98. The van der Waals surface area contributed by atoms with Gasteiger partial charge in [-0.1, -0.05) is 0 Å². The molecule has 0 fully saturated rings. The second kappa shape index (κ2) is 5.31. The van der Waals surface area contributed by atoms with Gasteiger partial charge in [0.05, 0.1) is 9.40 Å². The van der Waals surface area contributed by atoms with Crippen molar-refractivity contribution in [2.24, 2.45) is 0 Å². The summed E-state index contributed by atoms with van der Waals surface area (Å²) < 4.78 is 18.8. The quantitative estimate of drug-likeness (QED) is 0.631. The van der Waals surface area contributed by atoms with Crippen LogP contribution >= 0.6 is 15.9 Å². The fourth-order valence-electron chi connectivity index (χ4n) is 1.44.